The number of hydrogen-bond acceptors (Lipinski definition) is 5. The van der Waals surface area contributed by atoms with Gasteiger partial charge in [-0.15, -0.1) is 0 Å². The fraction of sp³-hybridized carbons (Fsp3) is 0.688. The van der Waals surface area contributed by atoms with Crippen molar-refractivity contribution < 1.29 is 9.53 Å². The molecule has 2 heterocycles. The summed E-state index contributed by atoms with van der Waals surface area (Å²) in [6.07, 6.45) is 8.19. The first-order valence-corrected chi connectivity index (χ1v) is 7.96. The van der Waals surface area contributed by atoms with Gasteiger partial charge in [0.25, 0.3) is 0 Å². The number of nitrogens with one attached hydrogen (secondary N) is 1. The van der Waals surface area contributed by atoms with Gasteiger partial charge < -0.3 is 15.0 Å². The zero-order valence-corrected chi connectivity index (χ0v) is 13.5. The fourth-order valence-corrected chi connectivity index (χ4v) is 2.91. The third-order valence-electron chi connectivity index (χ3n) is 4.07. The average molecular weight is 306 g/mol. The van der Waals surface area contributed by atoms with Gasteiger partial charge in [0.2, 0.25) is 5.91 Å². The molecule has 2 rings (SSSR count). The van der Waals surface area contributed by atoms with Crippen LogP contribution in [0.4, 0.5) is 0 Å². The van der Waals surface area contributed by atoms with Crippen LogP contribution in [0.3, 0.4) is 0 Å². The highest BCUT2D eigenvalue weighted by Crippen LogP contribution is 2.19. The van der Waals surface area contributed by atoms with Crippen molar-refractivity contribution in [1.82, 2.24) is 20.2 Å². The van der Waals surface area contributed by atoms with Gasteiger partial charge in [-0.2, -0.15) is 0 Å². The molecule has 0 spiro atoms. The number of ether oxygens (including phenoxy) is 1. The van der Waals surface area contributed by atoms with Crippen LogP contribution in [-0.2, 0) is 16.1 Å². The maximum Gasteiger partial charge on any atom is 0.228 e. The lowest BCUT2D eigenvalue weighted by molar-refractivity contribution is -0.140. The van der Waals surface area contributed by atoms with E-state index in [-0.39, 0.29) is 17.9 Å². The van der Waals surface area contributed by atoms with Gasteiger partial charge in [0, 0.05) is 37.7 Å². The molecule has 1 saturated heterocycles. The van der Waals surface area contributed by atoms with Crippen molar-refractivity contribution in [2.75, 3.05) is 26.8 Å². The summed E-state index contributed by atoms with van der Waals surface area (Å²) in [5, 5.41) is 3.40. The van der Waals surface area contributed by atoms with Crippen LogP contribution in [0.2, 0.25) is 0 Å². The Bertz CT molecular complexity index is 447. The van der Waals surface area contributed by atoms with E-state index in [2.05, 4.69) is 15.3 Å². The molecule has 1 aliphatic heterocycles. The Labute approximate surface area is 132 Å². The Balaban J connectivity index is 2.13. The molecule has 0 aliphatic carbocycles. The summed E-state index contributed by atoms with van der Waals surface area (Å²) in [5.41, 5.74) is 0.970. The van der Waals surface area contributed by atoms with E-state index in [1.165, 1.54) is 6.33 Å². The molecule has 0 bridgehead atoms. The second-order valence-corrected chi connectivity index (χ2v) is 5.90. The molecule has 1 aromatic heterocycles. The summed E-state index contributed by atoms with van der Waals surface area (Å²) in [4.78, 5) is 22.9. The Hall–Kier alpha value is -1.53. The predicted octanol–water partition coefficient (Wildman–Crippen LogP) is 1.23. The van der Waals surface area contributed by atoms with E-state index in [4.69, 9.17) is 4.74 Å². The minimum absolute atomic E-state index is 0.133. The van der Waals surface area contributed by atoms with Crippen molar-refractivity contribution in [3.05, 3.63) is 24.3 Å². The molecule has 6 nitrogen and oxygen atoms in total. The van der Waals surface area contributed by atoms with E-state index in [0.29, 0.717) is 13.2 Å². The summed E-state index contributed by atoms with van der Waals surface area (Å²) < 4.78 is 5.15. The van der Waals surface area contributed by atoms with Gasteiger partial charge in [0.05, 0.1) is 12.5 Å². The normalized spacial score (nSPS) is 20.2. The third kappa shape index (κ3) is 4.74. The molecular formula is C16H26N4O2. The minimum Gasteiger partial charge on any atom is -0.384 e. The van der Waals surface area contributed by atoms with Crippen molar-refractivity contribution in [2.24, 2.45) is 5.92 Å². The summed E-state index contributed by atoms with van der Waals surface area (Å²) in [6, 6.07) is 0.266. The number of carbonyl (C=O) groups is 1. The largest absolute Gasteiger partial charge is 0.384 e. The molecule has 0 unspecified atom stereocenters. The van der Waals surface area contributed by atoms with Crippen LogP contribution >= 0.6 is 0 Å². The lowest BCUT2D eigenvalue weighted by Crippen LogP contribution is -2.43. The Kier molecular flexibility index (Phi) is 6.74. The molecule has 1 N–H and O–H groups in total. The summed E-state index contributed by atoms with van der Waals surface area (Å²) in [5.74, 6) is 0.0171. The van der Waals surface area contributed by atoms with Crippen molar-refractivity contribution >= 4 is 5.91 Å². The average Bonchev–Trinajstić information content (AvgIpc) is 2.82. The summed E-state index contributed by atoms with van der Waals surface area (Å²) >= 11 is 0. The molecule has 122 valence electrons. The Morgan fingerprint density at radius 1 is 1.41 bits per heavy atom. The van der Waals surface area contributed by atoms with Crippen LogP contribution in [0.5, 0.6) is 0 Å². The van der Waals surface area contributed by atoms with Crippen LogP contribution < -0.4 is 5.32 Å². The van der Waals surface area contributed by atoms with Crippen molar-refractivity contribution in [1.29, 1.82) is 0 Å². The molecule has 2 atom stereocenters. The quantitative estimate of drug-likeness (QED) is 0.856. The van der Waals surface area contributed by atoms with Gasteiger partial charge in [-0.05, 0) is 32.4 Å². The second kappa shape index (κ2) is 8.80. The number of nitrogens with zero attached hydrogens (tertiary/aromatic N) is 3. The van der Waals surface area contributed by atoms with Gasteiger partial charge in [-0.1, -0.05) is 6.92 Å². The van der Waals surface area contributed by atoms with Gasteiger partial charge in [-0.25, -0.2) is 9.97 Å². The maximum atomic E-state index is 12.8. The van der Waals surface area contributed by atoms with E-state index in [9.17, 15) is 4.79 Å². The van der Waals surface area contributed by atoms with E-state index >= 15 is 0 Å². The number of amides is 1. The van der Waals surface area contributed by atoms with E-state index < -0.39 is 0 Å². The van der Waals surface area contributed by atoms with Crippen LogP contribution in [0, 0.1) is 5.92 Å². The molecule has 1 fully saturated rings. The lowest BCUT2D eigenvalue weighted by atomic mass is 10.0. The Morgan fingerprint density at radius 2 is 2.18 bits per heavy atom. The first-order valence-electron chi connectivity index (χ1n) is 7.96. The standard InChI is InChI=1S/C16H26N4O2/c1-13(11-22-2)16(21)20(10-14-8-18-12-19-9-14)15-4-3-6-17-7-5-15/h8-9,12-13,15,17H,3-7,10-11H2,1-2H3/t13-,15+/m1/s1. The molecule has 0 saturated carbocycles. The number of methoxy groups -OCH3 is 1. The van der Waals surface area contributed by atoms with Gasteiger partial charge in [0.1, 0.15) is 6.33 Å². The van der Waals surface area contributed by atoms with Gasteiger partial charge >= 0.3 is 0 Å². The van der Waals surface area contributed by atoms with Crippen LogP contribution in [0.15, 0.2) is 18.7 Å². The van der Waals surface area contributed by atoms with Crippen molar-refractivity contribution in [2.45, 2.75) is 38.8 Å². The first kappa shape index (κ1) is 16.8. The smallest absolute Gasteiger partial charge is 0.228 e. The summed E-state index contributed by atoms with van der Waals surface area (Å²) in [7, 11) is 1.63. The highest BCUT2D eigenvalue weighted by atomic mass is 16.5. The predicted molar refractivity (Wildman–Crippen MR) is 84.1 cm³/mol. The number of carbonyl (C=O) groups excluding carboxylic acids is 1. The number of aromatic nitrogens is 2. The first-order chi connectivity index (χ1) is 10.7. The molecule has 1 amide bonds. The highest BCUT2D eigenvalue weighted by molar-refractivity contribution is 5.79. The van der Waals surface area contributed by atoms with E-state index in [0.717, 1.165) is 37.9 Å². The zero-order valence-electron chi connectivity index (χ0n) is 13.5. The molecule has 6 heteroatoms. The van der Waals surface area contributed by atoms with E-state index in [1.54, 1.807) is 19.5 Å². The third-order valence-corrected chi connectivity index (χ3v) is 4.07. The second-order valence-electron chi connectivity index (χ2n) is 5.90. The molecular weight excluding hydrogens is 280 g/mol. The molecule has 1 aromatic rings. The molecule has 22 heavy (non-hydrogen) atoms. The summed E-state index contributed by atoms with van der Waals surface area (Å²) in [6.45, 7) is 4.93. The number of rotatable bonds is 6. The van der Waals surface area contributed by atoms with Crippen LogP contribution in [0.25, 0.3) is 0 Å². The maximum absolute atomic E-state index is 12.8. The number of hydrogen-bond donors (Lipinski definition) is 1. The topological polar surface area (TPSA) is 67.3 Å². The van der Waals surface area contributed by atoms with Crippen LogP contribution in [0.1, 0.15) is 31.7 Å². The lowest BCUT2D eigenvalue weighted by Gasteiger charge is -2.33. The molecule has 0 aromatic carbocycles. The molecule has 0 radical (unpaired) electrons. The van der Waals surface area contributed by atoms with Gasteiger partial charge in [0.15, 0.2) is 0 Å². The zero-order chi connectivity index (χ0) is 15.8. The monoisotopic (exact) mass is 306 g/mol. The minimum atomic E-state index is -0.133. The van der Waals surface area contributed by atoms with Crippen LogP contribution in [-0.4, -0.2) is 53.6 Å². The molecule has 1 aliphatic rings. The SMILES string of the molecule is COC[C@@H](C)C(=O)N(Cc1cncnc1)[C@H]1CCCNCC1. The van der Waals surface area contributed by atoms with Gasteiger partial charge in [-0.3, -0.25) is 4.79 Å². The highest BCUT2D eigenvalue weighted by Gasteiger charge is 2.28. The fourth-order valence-electron chi connectivity index (χ4n) is 2.91. The van der Waals surface area contributed by atoms with Crippen molar-refractivity contribution in [3.8, 4) is 0 Å². The van der Waals surface area contributed by atoms with E-state index in [1.807, 2.05) is 11.8 Å². The van der Waals surface area contributed by atoms with Crippen molar-refractivity contribution in [3.63, 3.8) is 0 Å². The Morgan fingerprint density at radius 3 is 2.91 bits per heavy atom.